The van der Waals surface area contributed by atoms with Crippen LogP contribution in [0.1, 0.15) is 36.7 Å². The maximum Gasteiger partial charge on any atom is 0.256 e. The zero-order chi connectivity index (χ0) is 22.7. The number of nitrogens with zero attached hydrogens (tertiary/aromatic N) is 1. The van der Waals surface area contributed by atoms with Gasteiger partial charge in [0.2, 0.25) is 0 Å². The van der Waals surface area contributed by atoms with Gasteiger partial charge in [0.1, 0.15) is 16.5 Å². The summed E-state index contributed by atoms with van der Waals surface area (Å²) >= 11 is 1.41. The molecule has 32 heavy (non-hydrogen) atoms. The van der Waals surface area contributed by atoms with Crippen molar-refractivity contribution in [1.29, 1.82) is 0 Å². The highest BCUT2D eigenvalue weighted by Crippen LogP contribution is 2.37. The van der Waals surface area contributed by atoms with Gasteiger partial charge in [0, 0.05) is 36.1 Å². The number of anilines is 1. The average Bonchev–Trinajstić information content (AvgIpc) is 3.16. The smallest absolute Gasteiger partial charge is 0.256 e. The lowest BCUT2D eigenvalue weighted by molar-refractivity contribution is 0.0999. The van der Waals surface area contributed by atoms with Crippen LogP contribution < -0.4 is 20.5 Å². The minimum atomic E-state index is -0.530. The van der Waals surface area contributed by atoms with E-state index in [9.17, 15) is 9.59 Å². The average molecular weight is 452 g/mol. The molecule has 3 N–H and O–H groups in total. The molecule has 3 aromatic rings. The van der Waals surface area contributed by atoms with Gasteiger partial charge in [0.25, 0.3) is 11.8 Å². The van der Waals surface area contributed by atoms with Crippen molar-refractivity contribution in [3.05, 3.63) is 75.7 Å². The number of fused-ring (bicyclic) bond motifs is 1. The van der Waals surface area contributed by atoms with Gasteiger partial charge < -0.3 is 20.5 Å². The second-order valence-corrected chi connectivity index (χ2v) is 8.68. The predicted molar refractivity (Wildman–Crippen MR) is 125 cm³/mol. The molecule has 0 radical (unpaired) electrons. The Labute approximate surface area is 190 Å². The first kappa shape index (κ1) is 21.9. The molecule has 2 aromatic carbocycles. The third kappa shape index (κ3) is 4.61. The third-order valence-electron chi connectivity index (χ3n) is 5.47. The van der Waals surface area contributed by atoms with Crippen LogP contribution in [0.25, 0.3) is 0 Å². The SMILES string of the molecule is COc1cc(OC)cc(C(=O)Nc2sc3c(c2C(N)=O)CCN(Cc2ccccc2)C3)c1. The molecule has 0 atom stereocenters. The molecule has 7 nitrogen and oxygen atoms in total. The lowest BCUT2D eigenvalue weighted by Gasteiger charge is -2.27. The molecule has 2 amide bonds. The second-order valence-electron chi connectivity index (χ2n) is 7.57. The van der Waals surface area contributed by atoms with Crippen molar-refractivity contribution < 1.29 is 19.1 Å². The number of carbonyl (C=O) groups is 2. The van der Waals surface area contributed by atoms with Crippen molar-refractivity contribution in [3.8, 4) is 11.5 Å². The number of carbonyl (C=O) groups excluding carboxylic acids is 2. The lowest BCUT2D eigenvalue weighted by atomic mass is 10.0. The number of rotatable bonds is 7. The van der Waals surface area contributed by atoms with E-state index in [2.05, 4.69) is 22.3 Å². The second kappa shape index (κ2) is 9.42. The van der Waals surface area contributed by atoms with Gasteiger partial charge in [0.15, 0.2) is 0 Å². The van der Waals surface area contributed by atoms with E-state index in [0.717, 1.165) is 23.5 Å². The zero-order valence-corrected chi connectivity index (χ0v) is 18.8. The Balaban J connectivity index is 1.58. The largest absolute Gasteiger partial charge is 0.497 e. The molecular weight excluding hydrogens is 426 g/mol. The minimum absolute atomic E-state index is 0.357. The standard InChI is InChI=1S/C24H25N3O4S/c1-30-17-10-16(11-18(12-17)31-2)23(29)26-24-21(22(25)28)19-8-9-27(14-20(19)32-24)13-15-6-4-3-5-7-15/h3-7,10-12H,8-9,13-14H2,1-2H3,(H2,25,28)(H,26,29). The maximum absolute atomic E-state index is 13.0. The molecule has 0 saturated heterocycles. The number of methoxy groups -OCH3 is 2. The number of nitrogens with two attached hydrogens (primary N) is 1. The van der Waals surface area contributed by atoms with Crippen LogP contribution in [-0.2, 0) is 19.5 Å². The molecular formula is C24H25N3O4S. The first-order valence-electron chi connectivity index (χ1n) is 10.2. The topological polar surface area (TPSA) is 93.9 Å². The van der Waals surface area contributed by atoms with Gasteiger partial charge >= 0.3 is 0 Å². The molecule has 1 aliphatic rings. The fourth-order valence-electron chi connectivity index (χ4n) is 3.90. The molecule has 166 valence electrons. The molecule has 0 bridgehead atoms. The number of benzene rings is 2. The molecule has 4 rings (SSSR count). The molecule has 2 heterocycles. The van der Waals surface area contributed by atoms with Gasteiger partial charge in [0.05, 0.1) is 19.8 Å². The molecule has 0 unspecified atom stereocenters. The Morgan fingerprint density at radius 1 is 1.09 bits per heavy atom. The van der Waals surface area contributed by atoms with Crippen LogP contribution in [-0.4, -0.2) is 37.5 Å². The van der Waals surface area contributed by atoms with Crippen LogP contribution in [0.3, 0.4) is 0 Å². The molecule has 0 aliphatic carbocycles. The summed E-state index contributed by atoms with van der Waals surface area (Å²) < 4.78 is 10.5. The highest BCUT2D eigenvalue weighted by molar-refractivity contribution is 7.17. The molecule has 0 fully saturated rings. The molecule has 0 saturated carbocycles. The summed E-state index contributed by atoms with van der Waals surface area (Å²) in [5, 5.41) is 3.36. The Morgan fingerprint density at radius 2 is 1.78 bits per heavy atom. The number of primary amides is 1. The van der Waals surface area contributed by atoms with Crippen molar-refractivity contribution in [2.45, 2.75) is 19.5 Å². The number of thiophene rings is 1. The van der Waals surface area contributed by atoms with E-state index >= 15 is 0 Å². The molecule has 8 heteroatoms. The number of amides is 2. The van der Waals surface area contributed by atoms with Crippen LogP contribution in [0.4, 0.5) is 5.00 Å². The summed E-state index contributed by atoms with van der Waals surface area (Å²) in [6.45, 7) is 2.35. The normalized spacial score (nSPS) is 13.3. The quantitative estimate of drug-likeness (QED) is 0.572. The molecule has 0 spiro atoms. The number of hydrogen-bond acceptors (Lipinski definition) is 6. The fourth-order valence-corrected chi connectivity index (χ4v) is 5.19. The third-order valence-corrected chi connectivity index (χ3v) is 6.60. The van der Waals surface area contributed by atoms with Crippen LogP contribution in [0.5, 0.6) is 11.5 Å². The Hall–Kier alpha value is -3.36. The minimum Gasteiger partial charge on any atom is -0.497 e. The van der Waals surface area contributed by atoms with E-state index in [-0.39, 0.29) is 5.91 Å². The number of hydrogen-bond donors (Lipinski definition) is 2. The lowest BCUT2D eigenvalue weighted by Crippen LogP contribution is -2.30. The monoisotopic (exact) mass is 451 g/mol. The van der Waals surface area contributed by atoms with E-state index in [0.29, 0.717) is 40.6 Å². The maximum atomic E-state index is 13.0. The van der Waals surface area contributed by atoms with Gasteiger partial charge in [-0.25, -0.2) is 0 Å². The van der Waals surface area contributed by atoms with Crippen molar-refractivity contribution in [1.82, 2.24) is 4.90 Å². The van der Waals surface area contributed by atoms with E-state index in [1.165, 1.54) is 31.1 Å². The van der Waals surface area contributed by atoms with Crippen molar-refractivity contribution in [3.63, 3.8) is 0 Å². The van der Waals surface area contributed by atoms with E-state index < -0.39 is 5.91 Å². The fraction of sp³-hybridized carbons (Fsp3) is 0.250. The molecule has 1 aromatic heterocycles. The van der Waals surface area contributed by atoms with Crippen molar-refractivity contribution >= 4 is 28.2 Å². The zero-order valence-electron chi connectivity index (χ0n) is 18.0. The van der Waals surface area contributed by atoms with Crippen molar-refractivity contribution in [2.24, 2.45) is 5.73 Å². The summed E-state index contributed by atoms with van der Waals surface area (Å²) in [6, 6.07) is 15.2. The summed E-state index contributed by atoms with van der Waals surface area (Å²) in [6.07, 6.45) is 0.708. The van der Waals surface area contributed by atoms with E-state index in [1.807, 2.05) is 18.2 Å². The van der Waals surface area contributed by atoms with Crippen LogP contribution >= 0.6 is 11.3 Å². The first-order chi connectivity index (χ1) is 15.5. The van der Waals surface area contributed by atoms with Gasteiger partial charge in [-0.05, 0) is 29.7 Å². The summed E-state index contributed by atoms with van der Waals surface area (Å²) in [5.74, 6) is 0.125. The highest BCUT2D eigenvalue weighted by atomic mass is 32.1. The van der Waals surface area contributed by atoms with E-state index in [4.69, 9.17) is 15.2 Å². The Morgan fingerprint density at radius 3 is 2.41 bits per heavy atom. The van der Waals surface area contributed by atoms with Gasteiger partial charge in [-0.2, -0.15) is 0 Å². The highest BCUT2D eigenvalue weighted by Gasteiger charge is 2.28. The van der Waals surface area contributed by atoms with Crippen LogP contribution in [0, 0.1) is 0 Å². The summed E-state index contributed by atoms with van der Waals surface area (Å²) in [4.78, 5) is 28.6. The van der Waals surface area contributed by atoms with E-state index in [1.54, 1.807) is 18.2 Å². The summed E-state index contributed by atoms with van der Waals surface area (Å²) in [5.41, 5.74) is 8.66. The van der Waals surface area contributed by atoms with Crippen LogP contribution in [0.2, 0.25) is 0 Å². The molecule has 1 aliphatic heterocycles. The number of nitrogens with one attached hydrogen (secondary N) is 1. The predicted octanol–water partition coefficient (Wildman–Crippen LogP) is 3.67. The van der Waals surface area contributed by atoms with Gasteiger partial charge in [-0.15, -0.1) is 11.3 Å². The Bertz CT molecular complexity index is 1120. The Kier molecular flexibility index (Phi) is 6.43. The summed E-state index contributed by atoms with van der Waals surface area (Å²) in [7, 11) is 3.05. The van der Waals surface area contributed by atoms with Gasteiger partial charge in [-0.3, -0.25) is 14.5 Å². The van der Waals surface area contributed by atoms with Crippen LogP contribution in [0.15, 0.2) is 48.5 Å². The van der Waals surface area contributed by atoms with Gasteiger partial charge in [-0.1, -0.05) is 30.3 Å². The number of ether oxygens (including phenoxy) is 2. The first-order valence-corrected chi connectivity index (χ1v) is 11.0. The van der Waals surface area contributed by atoms with Crippen molar-refractivity contribution in [2.75, 3.05) is 26.1 Å².